The fourth-order valence-corrected chi connectivity index (χ4v) is 1.57. The molecule has 0 aliphatic heterocycles. The number of carbonyl (C=O) groups excluding carboxylic acids is 1. The van der Waals surface area contributed by atoms with Crippen LogP contribution in [0.1, 0.15) is 27.2 Å². The van der Waals surface area contributed by atoms with Gasteiger partial charge in [-0.1, -0.05) is 6.92 Å². The smallest absolute Gasteiger partial charge is 0.236 e. The van der Waals surface area contributed by atoms with Crippen LogP contribution in [0.15, 0.2) is 0 Å². The molecule has 0 spiro atoms. The minimum Gasteiger partial charge on any atom is -0.368 e. The summed E-state index contributed by atoms with van der Waals surface area (Å²) in [5.74, 6) is 0.962. The Bertz CT molecular complexity index is 434. The van der Waals surface area contributed by atoms with Crippen molar-refractivity contribution in [3.05, 3.63) is 0 Å². The summed E-state index contributed by atoms with van der Waals surface area (Å²) < 4.78 is 0. The first-order valence-electron chi connectivity index (χ1n) is 6.87. The summed E-state index contributed by atoms with van der Waals surface area (Å²) in [6, 6.07) is 0. The van der Waals surface area contributed by atoms with Crippen LogP contribution < -0.4 is 21.3 Å². The number of primary amides is 1. The van der Waals surface area contributed by atoms with Crippen molar-refractivity contribution < 1.29 is 4.79 Å². The van der Waals surface area contributed by atoms with Crippen molar-refractivity contribution in [1.82, 2.24) is 15.0 Å². The Morgan fingerprint density at radius 3 is 2.20 bits per heavy atom. The van der Waals surface area contributed by atoms with E-state index in [4.69, 9.17) is 5.73 Å². The van der Waals surface area contributed by atoms with Crippen molar-refractivity contribution in [3.63, 3.8) is 0 Å². The lowest BCUT2D eigenvalue weighted by Gasteiger charge is -2.19. The van der Waals surface area contributed by atoms with E-state index in [0.29, 0.717) is 17.8 Å². The van der Waals surface area contributed by atoms with Crippen LogP contribution in [0.5, 0.6) is 0 Å². The molecule has 1 heterocycles. The summed E-state index contributed by atoms with van der Waals surface area (Å²) >= 11 is 0. The van der Waals surface area contributed by atoms with Crippen molar-refractivity contribution in [2.24, 2.45) is 5.73 Å². The summed E-state index contributed by atoms with van der Waals surface area (Å²) in [4.78, 5) is 25.7. The molecule has 0 aliphatic carbocycles. The molecule has 8 nitrogen and oxygen atoms in total. The molecule has 1 amide bonds. The highest BCUT2D eigenvalue weighted by molar-refractivity contribution is 5.78. The lowest BCUT2D eigenvalue weighted by atomic mass is 10.5. The predicted octanol–water partition coefficient (Wildman–Crippen LogP) is 0.437. The van der Waals surface area contributed by atoms with Crippen LogP contribution in [0.2, 0.25) is 0 Å². The largest absolute Gasteiger partial charge is 0.368 e. The number of amides is 1. The molecule has 0 aliphatic rings. The molecule has 20 heavy (non-hydrogen) atoms. The summed E-state index contributed by atoms with van der Waals surface area (Å²) in [7, 11) is 0. The van der Waals surface area contributed by atoms with Gasteiger partial charge in [0.05, 0.1) is 6.54 Å². The molecule has 0 bridgehead atoms. The van der Waals surface area contributed by atoms with Crippen LogP contribution in [-0.2, 0) is 4.79 Å². The fourth-order valence-electron chi connectivity index (χ4n) is 1.57. The van der Waals surface area contributed by atoms with Crippen LogP contribution in [0.4, 0.5) is 17.8 Å². The lowest BCUT2D eigenvalue weighted by molar-refractivity contribution is -0.116. The van der Waals surface area contributed by atoms with Crippen molar-refractivity contribution >= 4 is 23.8 Å². The van der Waals surface area contributed by atoms with Gasteiger partial charge in [0, 0.05) is 19.6 Å². The quantitative estimate of drug-likeness (QED) is 0.602. The van der Waals surface area contributed by atoms with E-state index in [1.165, 1.54) is 0 Å². The van der Waals surface area contributed by atoms with E-state index in [1.54, 1.807) is 0 Å². The Morgan fingerprint density at radius 2 is 1.70 bits per heavy atom. The van der Waals surface area contributed by atoms with Crippen LogP contribution in [0.25, 0.3) is 0 Å². The maximum atomic E-state index is 10.8. The van der Waals surface area contributed by atoms with E-state index in [0.717, 1.165) is 26.1 Å². The zero-order chi connectivity index (χ0) is 15.0. The number of nitrogens with zero attached hydrogens (tertiary/aromatic N) is 4. The van der Waals surface area contributed by atoms with E-state index in [2.05, 4.69) is 32.5 Å². The van der Waals surface area contributed by atoms with Gasteiger partial charge in [-0.05, 0) is 20.3 Å². The molecular weight excluding hydrogens is 258 g/mol. The van der Waals surface area contributed by atoms with E-state index in [1.807, 2.05) is 18.7 Å². The second kappa shape index (κ2) is 8.13. The number of nitrogens with two attached hydrogens (primary N) is 1. The highest BCUT2D eigenvalue weighted by Crippen LogP contribution is 2.13. The van der Waals surface area contributed by atoms with Crippen molar-refractivity contribution in [3.8, 4) is 0 Å². The molecule has 1 aromatic heterocycles. The molecule has 1 rings (SSSR count). The Morgan fingerprint density at radius 1 is 1.10 bits per heavy atom. The van der Waals surface area contributed by atoms with Gasteiger partial charge in [0.2, 0.25) is 23.8 Å². The van der Waals surface area contributed by atoms with Crippen LogP contribution in [0.3, 0.4) is 0 Å². The standard InChI is InChI=1S/C12H23N7O/c1-4-7-14-10-16-11(15-8-9(13)20)18-12(17-10)19(5-2)6-3/h4-8H2,1-3H3,(H2,13,20)(H2,14,15,16,17,18). The Hall–Kier alpha value is -2.12. The van der Waals surface area contributed by atoms with Gasteiger partial charge >= 0.3 is 0 Å². The van der Waals surface area contributed by atoms with Gasteiger partial charge in [0.15, 0.2) is 0 Å². The average Bonchev–Trinajstić information content (AvgIpc) is 2.44. The SMILES string of the molecule is CCCNc1nc(NCC(N)=O)nc(N(CC)CC)n1. The minimum absolute atomic E-state index is 0.00504. The van der Waals surface area contributed by atoms with E-state index >= 15 is 0 Å². The maximum absolute atomic E-state index is 10.8. The number of rotatable bonds is 9. The Labute approximate surface area is 119 Å². The summed E-state index contributed by atoms with van der Waals surface area (Å²) in [6.07, 6.45) is 0.969. The maximum Gasteiger partial charge on any atom is 0.236 e. The number of aromatic nitrogens is 3. The fraction of sp³-hybridized carbons (Fsp3) is 0.667. The van der Waals surface area contributed by atoms with Gasteiger partial charge in [-0.15, -0.1) is 0 Å². The minimum atomic E-state index is -0.460. The summed E-state index contributed by atoms with van der Waals surface area (Å²) in [5, 5.41) is 5.92. The molecule has 0 fully saturated rings. The Kier molecular flexibility index (Phi) is 6.48. The third-order valence-electron chi connectivity index (χ3n) is 2.62. The first-order valence-corrected chi connectivity index (χ1v) is 6.87. The highest BCUT2D eigenvalue weighted by Gasteiger charge is 2.11. The molecule has 0 unspecified atom stereocenters. The van der Waals surface area contributed by atoms with Crippen molar-refractivity contribution in [1.29, 1.82) is 0 Å². The average molecular weight is 281 g/mol. The molecule has 0 saturated heterocycles. The van der Waals surface area contributed by atoms with E-state index < -0.39 is 5.91 Å². The second-order valence-electron chi connectivity index (χ2n) is 4.20. The number of anilines is 3. The van der Waals surface area contributed by atoms with Gasteiger partial charge in [-0.2, -0.15) is 15.0 Å². The number of hydrogen-bond acceptors (Lipinski definition) is 7. The molecule has 8 heteroatoms. The van der Waals surface area contributed by atoms with Gasteiger partial charge < -0.3 is 21.3 Å². The third-order valence-corrected chi connectivity index (χ3v) is 2.62. The van der Waals surface area contributed by atoms with Crippen molar-refractivity contribution in [2.45, 2.75) is 27.2 Å². The topological polar surface area (TPSA) is 109 Å². The summed E-state index contributed by atoms with van der Waals surface area (Å²) in [5.41, 5.74) is 5.11. The van der Waals surface area contributed by atoms with E-state index in [-0.39, 0.29) is 6.54 Å². The Balaban J connectivity index is 2.96. The van der Waals surface area contributed by atoms with Gasteiger partial charge in [0.25, 0.3) is 0 Å². The zero-order valence-corrected chi connectivity index (χ0v) is 12.3. The van der Waals surface area contributed by atoms with Crippen molar-refractivity contribution in [2.75, 3.05) is 41.7 Å². The van der Waals surface area contributed by atoms with Gasteiger partial charge in [-0.3, -0.25) is 4.79 Å². The molecule has 0 saturated carbocycles. The number of carbonyl (C=O) groups is 1. The number of hydrogen-bond donors (Lipinski definition) is 3. The second-order valence-corrected chi connectivity index (χ2v) is 4.20. The normalized spacial score (nSPS) is 10.2. The lowest BCUT2D eigenvalue weighted by Crippen LogP contribution is -2.27. The van der Waals surface area contributed by atoms with Crippen LogP contribution in [0, 0.1) is 0 Å². The molecule has 0 radical (unpaired) electrons. The number of nitrogens with one attached hydrogen (secondary N) is 2. The predicted molar refractivity (Wildman–Crippen MR) is 79.9 cm³/mol. The van der Waals surface area contributed by atoms with Gasteiger partial charge in [0.1, 0.15) is 0 Å². The van der Waals surface area contributed by atoms with E-state index in [9.17, 15) is 4.79 Å². The molecule has 0 atom stereocenters. The molecule has 4 N–H and O–H groups in total. The molecule has 0 aromatic carbocycles. The van der Waals surface area contributed by atoms with Crippen LogP contribution >= 0.6 is 0 Å². The zero-order valence-electron chi connectivity index (χ0n) is 12.3. The van der Waals surface area contributed by atoms with Crippen LogP contribution in [-0.4, -0.2) is 47.0 Å². The third kappa shape index (κ3) is 4.87. The highest BCUT2D eigenvalue weighted by atomic mass is 16.1. The molecule has 1 aromatic rings. The molecular formula is C12H23N7O. The molecule has 112 valence electrons. The van der Waals surface area contributed by atoms with Gasteiger partial charge in [-0.25, -0.2) is 0 Å². The first kappa shape index (κ1) is 15.9. The first-order chi connectivity index (χ1) is 9.60. The monoisotopic (exact) mass is 281 g/mol. The summed E-state index contributed by atoms with van der Waals surface area (Å²) in [6.45, 7) is 8.48.